The van der Waals surface area contributed by atoms with Crippen molar-refractivity contribution in [2.24, 2.45) is 7.05 Å². The van der Waals surface area contributed by atoms with Gasteiger partial charge >= 0.3 is 0 Å². The van der Waals surface area contributed by atoms with Gasteiger partial charge in [-0.3, -0.25) is 0 Å². The van der Waals surface area contributed by atoms with E-state index in [2.05, 4.69) is 58.9 Å². The van der Waals surface area contributed by atoms with E-state index in [9.17, 15) is 0 Å². The Morgan fingerprint density at radius 2 is 1.65 bits per heavy atom. The predicted octanol–water partition coefficient (Wildman–Crippen LogP) is 4.09. The molecule has 0 fully saturated rings. The minimum atomic E-state index is 0.164. The van der Waals surface area contributed by atoms with Gasteiger partial charge in [-0.25, -0.2) is 4.98 Å². The van der Waals surface area contributed by atoms with E-state index in [1.165, 1.54) is 5.56 Å². The van der Waals surface area contributed by atoms with Crippen LogP contribution in [-0.4, -0.2) is 9.55 Å². The van der Waals surface area contributed by atoms with E-state index in [0.29, 0.717) is 5.92 Å². The number of nitrogen functional groups attached to an aromatic ring is 1. The third-order valence-corrected chi connectivity index (χ3v) is 3.71. The first kappa shape index (κ1) is 14.6. The minimum absolute atomic E-state index is 0.164. The Bertz CT molecular complexity index is 598. The Labute approximate surface area is 121 Å². The number of anilines is 1. The van der Waals surface area contributed by atoms with Gasteiger partial charge in [0.05, 0.1) is 0 Å². The van der Waals surface area contributed by atoms with Crippen molar-refractivity contribution in [3.8, 4) is 11.3 Å². The van der Waals surface area contributed by atoms with Crippen LogP contribution in [0.15, 0.2) is 24.3 Å². The summed E-state index contributed by atoms with van der Waals surface area (Å²) in [6, 6.07) is 8.56. The smallest absolute Gasteiger partial charge is 0.131 e. The predicted molar refractivity (Wildman–Crippen MR) is 85.8 cm³/mol. The van der Waals surface area contributed by atoms with Crippen LogP contribution in [0, 0.1) is 0 Å². The lowest BCUT2D eigenvalue weighted by molar-refractivity contribution is 0.590. The summed E-state index contributed by atoms with van der Waals surface area (Å²) in [7, 11) is 1.98. The second kappa shape index (κ2) is 4.97. The quantitative estimate of drug-likeness (QED) is 0.894. The number of hydrogen-bond donors (Lipinski definition) is 1. The number of nitrogens with two attached hydrogens (primary N) is 1. The number of aromatic nitrogens is 2. The summed E-state index contributed by atoms with van der Waals surface area (Å²) in [5, 5.41) is 0. The molecule has 0 aliphatic carbocycles. The molecule has 0 aliphatic rings. The molecular formula is C17H25N3. The molecule has 2 rings (SSSR count). The number of benzene rings is 1. The minimum Gasteiger partial charge on any atom is -0.383 e. The Hall–Kier alpha value is -1.77. The summed E-state index contributed by atoms with van der Waals surface area (Å²) in [4.78, 5) is 4.71. The Morgan fingerprint density at radius 1 is 1.10 bits per heavy atom. The maximum absolute atomic E-state index is 6.20. The number of imidazole rings is 1. The first-order valence-corrected chi connectivity index (χ1v) is 7.15. The lowest BCUT2D eigenvalue weighted by Gasteiger charge is -2.19. The van der Waals surface area contributed by atoms with Crippen LogP contribution in [0.4, 0.5) is 5.82 Å². The fraction of sp³-hybridized carbons (Fsp3) is 0.471. The van der Waals surface area contributed by atoms with Crippen molar-refractivity contribution in [1.29, 1.82) is 0 Å². The van der Waals surface area contributed by atoms with Crippen LogP contribution in [-0.2, 0) is 12.5 Å². The first-order valence-electron chi connectivity index (χ1n) is 7.15. The summed E-state index contributed by atoms with van der Waals surface area (Å²) in [6.07, 6.45) is 0. The summed E-state index contributed by atoms with van der Waals surface area (Å²) >= 11 is 0. The third-order valence-electron chi connectivity index (χ3n) is 3.71. The molecule has 1 aromatic heterocycles. The van der Waals surface area contributed by atoms with E-state index in [1.807, 2.05) is 11.6 Å². The van der Waals surface area contributed by atoms with Crippen LogP contribution < -0.4 is 5.73 Å². The molecule has 1 heterocycles. The average Bonchev–Trinajstić information content (AvgIpc) is 2.66. The van der Waals surface area contributed by atoms with Crippen LogP contribution in [0.3, 0.4) is 0 Å². The molecule has 0 unspecified atom stereocenters. The Morgan fingerprint density at radius 3 is 2.05 bits per heavy atom. The SMILES string of the molecule is CC(C)c1nc(-c2ccc(C(C)(C)C)cc2)c(N)n1C. The highest BCUT2D eigenvalue weighted by Crippen LogP contribution is 2.30. The fourth-order valence-corrected chi connectivity index (χ4v) is 2.39. The van der Waals surface area contributed by atoms with E-state index in [1.54, 1.807) is 0 Å². The van der Waals surface area contributed by atoms with Crippen LogP contribution >= 0.6 is 0 Å². The molecule has 3 heteroatoms. The molecule has 0 amide bonds. The highest BCUT2D eigenvalue weighted by Gasteiger charge is 2.17. The monoisotopic (exact) mass is 271 g/mol. The zero-order valence-corrected chi connectivity index (χ0v) is 13.4. The zero-order valence-electron chi connectivity index (χ0n) is 13.4. The molecule has 0 radical (unpaired) electrons. The van der Waals surface area contributed by atoms with Gasteiger partial charge in [0.2, 0.25) is 0 Å². The molecule has 0 bridgehead atoms. The van der Waals surface area contributed by atoms with Crippen molar-refractivity contribution in [1.82, 2.24) is 9.55 Å². The van der Waals surface area contributed by atoms with Crippen molar-refractivity contribution in [3.63, 3.8) is 0 Å². The van der Waals surface area contributed by atoms with Crippen LogP contribution in [0.1, 0.15) is 51.9 Å². The molecule has 0 saturated heterocycles. The second-order valence-corrected chi connectivity index (χ2v) is 6.74. The largest absolute Gasteiger partial charge is 0.383 e. The lowest BCUT2D eigenvalue weighted by Crippen LogP contribution is -2.10. The summed E-state index contributed by atoms with van der Waals surface area (Å²) in [6.45, 7) is 10.9. The van der Waals surface area contributed by atoms with Gasteiger partial charge in [0.15, 0.2) is 0 Å². The maximum Gasteiger partial charge on any atom is 0.131 e. The molecule has 2 aromatic rings. The van der Waals surface area contributed by atoms with Crippen LogP contribution in [0.2, 0.25) is 0 Å². The van der Waals surface area contributed by atoms with Crippen molar-refractivity contribution in [3.05, 3.63) is 35.7 Å². The highest BCUT2D eigenvalue weighted by molar-refractivity contribution is 5.71. The van der Waals surface area contributed by atoms with E-state index in [-0.39, 0.29) is 5.41 Å². The molecule has 1 aromatic carbocycles. The summed E-state index contributed by atoms with van der Waals surface area (Å²) < 4.78 is 1.98. The van der Waals surface area contributed by atoms with E-state index >= 15 is 0 Å². The van der Waals surface area contributed by atoms with Gasteiger partial charge in [0.1, 0.15) is 17.3 Å². The molecule has 3 nitrogen and oxygen atoms in total. The van der Waals surface area contributed by atoms with Gasteiger partial charge in [0.25, 0.3) is 0 Å². The van der Waals surface area contributed by atoms with Crippen LogP contribution in [0.5, 0.6) is 0 Å². The van der Waals surface area contributed by atoms with Crippen molar-refractivity contribution >= 4 is 5.82 Å². The Kier molecular flexibility index (Phi) is 3.63. The van der Waals surface area contributed by atoms with Gasteiger partial charge in [-0.05, 0) is 11.0 Å². The standard InChI is InChI=1S/C17H25N3/c1-11(2)16-19-14(15(18)20(16)6)12-7-9-13(10-8-12)17(3,4)5/h7-11H,18H2,1-6H3. The van der Waals surface area contributed by atoms with Crippen molar-refractivity contribution in [2.75, 3.05) is 5.73 Å². The molecule has 0 saturated carbocycles. The van der Waals surface area contributed by atoms with Gasteiger partial charge in [0, 0.05) is 18.5 Å². The van der Waals surface area contributed by atoms with Gasteiger partial charge < -0.3 is 10.3 Å². The lowest BCUT2D eigenvalue weighted by atomic mass is 9.86. The molecule has 108 valence electrons. The van der Waals surface area contributed by atoms with Crippen molar-refractivity contribution in [2.45, 2.75) is 46.0 Å². The van der Waals surface area contributed by atoms with E-state index in [4.69, 9.17) is 10.7 Å². The first-order chi connectivity index (χ1) is 9.21. The Balaban J connectivity index is 2.45. The normalized spacial score (nSPS) is 12.2. The molecule has 0 spiro atoms. The van der Waals surface area contributed by atoms with Crippen LogP contribution in [0.25, 0.3) is 11.3 Å². The number of hydrogen-bond acceptors (Lipinski definition) is 2. The average molecular weight is 271 g/mol. The number of nitrogens with zero attached hydrogens (tertiary/aromatic N) is 2. The molecule has 0 atom stereocenters. The summed E-state index contributed by atoms with van der Waals surface area (Å²) in [5.74, 6) is 2.12. The van der Waals surface area contributed by atoms with E-state index in [0.717, 1.165) is 22.9 Å². The molecule has 20 heavy (non-hydrogen) atoms. The highest BCUT2D eigenvalue weighted by atomic mass is 15.1. The van der Waals surface area contributed by atoms with Gasteiger partial charge in [-0.15, -0.1) is 0 Å². The van der Waals surface area contributed by atoms with E-state index < -0.39 is 0 Å². The van der Waals surface area contributed by atoms with Gasteiger partial charge in [-0.1, -0.05) is 58.9 Å². The second-order valence-electron chi connectivity index (χ2n) is 6.74. The van der Waals surface area contributed by atoms with Crippen molar-refractivity contribution < 1.29 is 0 Å². The molecule has 2 N–H and O–H groups in total. The summed E-state index contributed by atoms with van der Waals surface area (Å²) in [5.41, 5.74) is 9.65. The topological polar surface area (TPSA) is 43.8 Å². The third kappa shape index (κ3) is 2.58. The zero-order chi connectivity index (χ0) is 15.1. The maximum atomic E-state index is 6.20. The fourth-order valence-electron chi connectivity index (χ4n) is 2.39. The van der Waals surface area contributed by atoms with Gasteiger partial charge in [-0.2, -0.15) is 0 Å². The number of rotatable bonds is 2. The molecular weight excluding hydrogens is 246 g/mol. The molecule has 0 aliphatic heterocycles.